The molecular formula is C15H15NO2. The average molecular weight is 241 g/mol. The maximum atomic E-state index is 12.0. The Bertz CT molecular complexity index is 545. The minimum atomic E-state index is 0.0550. The maximum Gasteiger partial charge on any atom is 0.211 e. The van der Waals surface area contributed by atoms with Crippen molar-refractivity contribution in [3.8, 4) is 0 Å². The van der Waals surface area contributed by atoms with Gasteiger partial charge in [-0.1, -0.05) is 24.3 Å². The van der Waals surface area contributed by atoms with Crippen LogP contribution in [0.3, 0.4) is 0 Å². The van der Waals surface area contributed by atoms with E-state index in [9.17, 15) is 4.79 Å². The molecule has 1 aromatic heterocycles. The minimum absolute atomic E-state index is 0.0550. The van der Waals surface area contributed by atoms with Crippen LogP contribution in [0.25, 0.3) is 0 Å². The first-order chi connectivity index (χ1) is 8.83. The molecule has 18 heavy (non-hydrogen) atoms. The fraction of sp³-hybridized carbons (Fsp3) is 0.267. The van der Waals surface area contributed by atoms with E-state index in [1.165, 1.54) is 11.1 Å². The Morgan fingerprint density at radius 1 is 1.17 bits per heavy atom. The van der Waals surface area contributed by atoms with Gasteiger partial charge in [0.25, 0.3) is 0 Å². The zero-order valence-electron chi connectivity index (χ0n) is 10.1. The van der Waals surface area contributed by atoms with Crippen molar-refractivity contribution in [1.29, 1.82) is 0 Å². The summed E-state index contributed by atoms with van der Waals surface area (Å²) in [5, 5.41) is 0. The number of carbonyl (C=O) groups excluding carboxylic acids is 1. The lowest BCUT2D eigenvalue weighted by Crippen LogP contribution is -2.34. The van der Waals surface area contributed by atoms with Crippen molar-refractivity contribution in [2.75, 3.05) is 13.1 Å². The van der Waals surface area contributed by atoms with Crippen LogP contribution in [0.5, 0.6) is 0 Å². The summed E-state index contributed by atoms with van der Waals surface area (Å²) in [5.74, 6) is 0.508. The largest absolute Gasteiger partial charge is 0.461 e. The molecule has 0 saturated carbocycles. The van der Waals surface area contributed by atoms with Crippen LogP contribution >= 0.6 is 0 Å². The smallest absolute Gasteiger partial charge is 0.211 e. The second-order valence-corrected chi connectivity index (χ2v) is 4.63. The zero-order chi connectivity index (χ0) is 12.4. The predicted molar refractivity (Wildman–Crippen MR) is 68.5 cm³/mol. The SMILES string of the molecule is O=C(CN1CCc2ccccc2C1)c1ccco1. The van der Waals surface area contributed by atoms with Crippen LogP contribution in [0.1, 0.15) is 21.7 Å². The van der Waals surface area contributed by atoms with Crippen LogP contribution in [-0.4, -0.2) is 23.8 Å². The number of hydrogen-bond donors (Lipinski definition) is 0. The van der Waals surface area contributed by atoms with Gasteiger partial charge in [-0.15, -0.1) is 0 Å². The molecule has 2 heterocycles. The summed E-state index contributed by atoms with van der Waals surface area (Å²) in [5.41, 5.74) is 2.73. The van der Waals surface area contributed by atoms with Crippen molar-refractivity contribution in [3.63, 3.8) is 0 Å². The summed E-state index contributed by atoms with van der Waals surface area (Å²) >= 11 is 0. The monoisotopic (exact) mass is 241 g/mol. The fourth-order valence-corrected chi connectivity index (χ4v) is 2.41. The Kier molecular flexibility index (Phi) is 2.99. The number of rotatable bonds is 3. The average Bonchev–Trinajstić information content (AvgIpc) is 2.92. The van der Waals surface area contributed by atoms with Gasteiger partial charge in [-0.3, -0.25) is 9.69 Å². The van der Waals surface area contributed by atoms with E-state index in [1.807, 2.05) is 0 Å². The first-order valence-corrected chi connectivity index (χ1v) is 6.19. The summed E-state index contributed by atoms with van der Waals surface area (Å²) < 4.78 is 5.13. The van der Waals surface area contributed by atoms with E-state index in [4.69, 9.17) is 4.42 Å². The second kappa shape index (κ2) is 4.78. The number of fused-ring (bicyclic) bond motifs is 1. The van der Waals surface area contributed by atoms with Gasteiger partial charge in [0, 0.05) is 13.1 Å². The summed E-state index contributed by atoms with van der Waals surface area (Å²) in [6, 6.07) is 11.9. The number of Topliss-reactive ketones (excluding diaryl/α,β-unsaturated/α-hetero) is 1. The Balaban J connectivity index is 1.68. The van der Waals surface area contributed by atoms with Gasteiger partial charge in [0.05, 0.1) is 12.8 Å². The van der Waals surface area contributed by atoms with Crippen molar-refractivity contribution < 1.29 is 9.21 Å². The van der Waals surface area contributed by atoms with Gasteiger partial charge in [-0.05, 0) is 29.7 Å². The van der Waals surface area contributed by atoms with E-state index >= 15 is 0 Å². The quantitative estimate of drug-likeness (QED) is 0.774. The highest BCUT2D eigenvalue weighted by molar-refractivity contribution is 5.95. The third-order valence-corrected chi connectivity index (χ3v) is 3.37. The lowest BCUT2D eigenvalue weighted by Gasteiger charge is -2.27. The number of nitrogens with zero attached hydrogens (tertiary/aromatic N) is 1. The molecular weight excluding hydrogens is 226 g/mol. The Labute approximate surface area is 106 Å². The first-order valence-electron chi connectivity index (χ1n) is 6.19. The molecule has 0 bridgehead atoms. The molecule has 3 heteroatoms. The molecule has 1 aliphatic heterocycles. The van der Waals surface area contributed by atoms with Crippen molar-refractivity contribution in [1.82, 2.24) is 4.90 Å². The topological polar surface area (TPSA) is 33.5 Å². The highest BCUT2D eigenvalue weighted by Crippen LogP contribution is 2.18. The molecule has 2 aromatic rings. The highest BCUT2D eigenvalue weighted by Gasteiger charge is 2.19. The van der Waals surface area contributed by atoms with Gasteiger partial charge in [0.15, 0.2) is 5.76 Å². The number of hydrogen-bond acceptors (Lipinski definition) is 3. The molecule has 0 radical (unpaired) electrons. The molecule has 0 atom stereocenters. The molecule has 1 aliphatic rings. The van der Waals surface area contributed by atoms with E-state index < -0.39 is 0 Å². The van der Waals surface area contributed by atoms with E-state index in [0.29, 0.717) is 12.3 Å². The fourth-order valence-electron chi connectivity index (χ4n) is 2.41. The van der Waals surface area contributed by atoms with Gasteiger partial charge in [0.1, 0.15) is 0 Å². The number of carbonyl (C=O) groups is 1. The Morgan fingerprint density at radius 3 is 2.78 bits per heavy atom. The standard InChI is InChI=1S/C15H15NO2/c17-14(15-6-3-9-18-15)11-16-8-7-12-4-1-2-5-13(12)10-16/h1-6,9H,7-8,10-11H2. The van der Waals surface area contributed by atoms with E-state index in [-0.39, 0.29) is 5.78 Å². The number of benzene rings is 1. The minimum Gasteiger partial charge on any atom is -0.461 e. The van der Waals surface area contributed by atoms with E-state index in [2.05, 4.69) is 29.2 Å². The lowest BCUT2D eigenvalue weighted by atomic mass is 10.00. The molecule has 3 nitrogen and oxygen atoms in total. The van der Waals surface area contributed by atoms with Gasteiger partial charge < -0.3 is 4.42 Å². The van der Waals surface area contributed by atoms with Crippen LogP contribution in [0, 0.1) is 0 Å². The van der Waals surface area contributed by atoms with Crippen molar-refractivity contribution in [3.05, 3.63) is 59.5 Å². The van der Waals surface area contributed by atoms with Crippen LogP contribution in [-0.2, 0) is 13.0 Å². The summed E-state index contributed by atoms with van der Waals surface area (Å²) in [6.45, 7) is 2.22. The zero-order valence-corrected chi connectivity index (χ0v) is 10.1. The predicted octanol–water partition coefficient (Wildman–Crippen LogP) is 2.52. The normalized spacial score (nSPS) is 15.3. The van der Waals surface area contributed by atoms with Gasteiger partial charge in [0.2, 0.25) is 5.78 Å². The van der Waals surface area contributed by atoms with Crippen molar-refractivity contribution >= 4 is 5.78 Å². The third kappa shape index (κ3) is 2.22. The summed E-state index contributed by atoms with van der Waals surface area (Å²) in [6.07, 6.45) is 2.56. The summed E-state index contributed by atoms with van der Waals surface area (Å²) in [7, 11) is 0. The van der Waals surface area contributed by atoms with Crippen molar-refractivity contribution in [2.24, 2.45) is 0 Å². The van der Waals surface area contributed by atoms with Crippen LogP contribution in [0.4, 0.5) is 0 Å². The molecule has 0 saturated heterocycles. The van der Waals surface area contributed by atoms with Gasteiger partial charge >= 0.3 is 0 Å². The van der Waals surface area contributed by atoms with Crippen LogP contribution in [0.15, 0.2) is 47.1 Å². The Morgan fingerprint density at radius 2 is 2.00 bits per heavy atom. The Hall–Kier alpha value is -1.87. The first kappa shape index (κ1) is 11.2. The highest BCUT2D eigenvalue weighted by atomic mass is 16.3. The van der Waals surface area contributed by atoms with Crippen LogP contribution in [0.2, 0.25) is 0 Å². The molecule has 1 aromatic carbocycles. The maximum absolute atomic E-state index is 12.0. The second-order valence-electron chi connectivity index (χ2n) is 4.63. The van der Waals surface area contributed by atoms with Crippen LogP contribution < -0.4 is 0 Å². The van der Waals surface area contributed by atoms with Crippen molar-refractivity contribution in [2.45, 2.75) is 13.0 Å². The molecule has 0 unspecified atom stereocenters. The molecule has 0 amide bonds. The van der Waals surface area contributed by atoms with E-state index in [1.54, 1.807) is 18.4 Å². The number of furan rings is 1. The molecule has 3 rings (SSSR count). The molecule has 0 N–H and O–H groups in total. The third-order valence-electron chi connectivity index (χ3n) is 3.37. The van der Waals surface area contributed by atoms with Gasteiger partial charge in [-0.2, -0.15) is 0 Å². The molecule has 0 spiro atoms. The number of ketones is 1. The molecule has 0 aliphatic carbocycles. The molecule has 92 valence electrons. The van der Waals surface area contributed by atoms with Gasteiger partial charge in [-0.25, -0.2) is 0 Å². The summed E-state index contributed by atoms with van der Waals surface area (Å²) in [4.78, 5) is 14.1. The van der Waals surface area contributed by atoms with E-state index in [0.717, 1.165) is 19.5 Å². The molecule has 0 fully saturated rings. The lowest BCUT2D eigenvalue weighted by molar-refractivity contribution is 0.0894.